The molecule has 0 saturated carbocycles. The molecule has 0 aromatic heterocycles. The first-order valence-corrected chi connectivity index (χ1v) is 11.8. The molecule has 0 aliphatic carbocycles. The van der Waals surface area contributed by atoms with Gasteiger partial charge in [-0.15, -0.1) is 0 Å². The lowest BCUT2D eigenvalue weighted by Crippen LogP contribution is -2.48. The number of carbonyl (C=O) groups excluding carboxylic acids is 2. The molecular weight excluding hydrogens is 478 g/mol. The highest BCUT2D eigenvalue weighted by Crippen LogP contribution is 2.20. The van der Waals surface area contributed by atoms with E-state index >= 15 is 0 Å². The van der Waals surface area contributed by atoms with Gasteiger partial charge in [-0.2, -0.15) is 0 Å². The molecule has 9 nitrogen and oxygen atoms in total. The minimum atomic E-state index is -0.559. The summed E-state index contributed by atoms with van der Waals surface area (Å²) in [7, 11) is 0. The standard InChI is InChI=1S/C26H25N5O4S/c1-18-5-7-19(8-6-18)25(33)30-15-13-29(14-16-30)22-11-9-21(10-12-22)27-26(36)28-24(32)20-3-2-4-23(17-20)31(34)35/h2-12,17H,13-16H2,1H3,(H2,27,28,32,36). The number of nitrogens with one attached hydrogen (secondary N) is 2. The summed E-state index contributed by atoms with van der Waals surface area (Å²) in [5, 5.41) is 16.5. The van der Waals surface area contributed by atoms with E-state index in [9.17, 15) is 19.7 Å². The molecule has 4 rings (SSSR count). The lowest BCUT2D eigenvalue weighted by molar-refractivity contribution is -0.384. The molecule has 36 heavy (non-hydrogen) atoms. The van der Waals surface area contributed by atoms with E-state index in [-0.39, 0.29) is 22.3 Å². The third-order valence-electron chi connectivity index (χ3n) is 5.90. The van der Waals surface area contributed by atoms with Gasteiger partial charge < -0.3 is 15.1 Å². The molecule has 10 heteroatoms. The first-order valence-electron chi connectivity index (χ1n) is 11.4. The van der Waals surface area contributed by atoms with Gasteiger partial charge in [0.15, 0.2) is 5.11 Å². The number of rotatable bonds is 5. The topological polar surface area (TPSA) is 108 Å². The number of amides is 2. The summed E-state index contributed by atoms with van der Waals surface area (Å²) in [4.78, 5) is 39.5. The molecule has 1 aliphatic rings. The fourth-order valence-electron chi connectivity index (χ4n) is 3.90. The van der Waals surface area contributed by atoms with Gasteiger partial charge in [0.05, 0.1) is 4.92 Å². The van der Waals surface area contributed by atoms with Crippen LogP contribution in [0.4, 0.5) is 17.1 Å². The number of hydrogen-bond donors (Lipinski definition) is 2. The molecule has 2 amide bonds. The number of non-ortho nitro benzene ring substituents is 1. The quantitative estimate of drug-likeness (QED) is 0.308. The second kappa shape index (κ2) is 11.0. The molecule has 1 heterocycles. The Morgan fingerprint density at radius 1 is 0.917 bits per heavy atom. The summed E-state index contributed by atoms with van der Waals surface area (Å²) >= 11 is 5.21. The van der Waals surface area contributed by atoms with Crippen LogP contribution in [0, 0.1) is 17.0 Å². The zero-order chi connectivity index (χ0) is 25.7. The van der Waals surface area contributed by atoms with E-state index < -0.39 is 10.8 Å². The average Bonchev–Trinajstić information content (AvgIpc) is 2.89. The number of carbonyl (C=O) groups is 2. The second-order valence-electron chi connectivity index (χ2n) is 8.41. The van der Waals surface area contributed by atoms with Crippen molar-refractivity contribution < 1.29 is 14.5 Å². The first-order chi connectivity index (χ1) is 17.3. The van der Waals surface area contributed by atoms with Crippen LogP contribution in [0.25, 0.3) is 0 Å². The van der Waals surface area contributed by atoms with Gasteiger partial charge in [0.25, 0.3) is 17.5 Å². The average molecular weight is 504 g/mol. The molecule has 0 atom stereocenters. The van der Waals surface area contributed by atoms with Crippen LogP contribution in [-0.2, 0) is 0 Å². The van der Waals surface area contributed by atoms with E-state index in [0.717, 1.165) is 24.3 Å². The highest BCUT2D eigenvalue weighted by atomic mass is 32.1. The van der Waals surface area contributed by atoms with Crippen LogP contribution in [0.1, 0.15) is 26.3 Å². The fourth-order valence-corrected chi connectivity index (χ4v) is 4.11. The van der Waals surface area contributed by atoms with Crippen molar-refractivity contribution in [2.24, 2.45) is 0 Å². The number of hydrogen-bond acceptors (Lipinski definition) is 6. The Kier molecular flexibility index (Phi) is 7.55. The Labute approximate surface area is 213 Å². The zero-order valence-electron chi connectivity index (χ0n) is 19.6. The third-order valence-corrected chi connectivity index (χ3v) is 6.11. The molecule has 3 aromatic rings. The largest absolute Gasteiger partial charge is 0.368 e. The van der Waals surface area contributed by atoms with Gasteiger partial charge in [-0.3, -0.25) is 25.0 Å². The normalized spacial score (nSPS) is 13.1. The maximum atomic E-state index is 12.7. The van der Waals surface area contributed by atoms with E-state index in [1.54, 1.807) is 0 Å². The summed E-state index contributed by atoms with van der Waals surface area (Å²) < 4.78 is 0. The van der Waals surface area contributed by atoms with Gasteiger partial charge in [-0.25, -0.2) is 0 Å². The Bertz CT molecular complexity index is 1290. The molecular formula is C26H25N5O4S. The lowest BCUT2D eigenvalue weighted by atomic mass is 10.1. The summed E-state index contributed by atoms with van der Waals surface area (Å²) in [5.74, 6) is -0.485. The smallest absolute Gasteiger partial charge is 0.270 e. The number of aryl methyl sites for hydroxylation is 1. The van der Waals surface area contributed by atoms with Crippen molar-refractivity contribution in [2.45, 2.75) is 6.92 Å². The Morgan fingerprint density at radius 2 is 1.58 bits per heavy atom. The molecule has 0 unspecified atom stereocenters. The van der Waals surface area contributed by atoms with Crippen molar-refractivity contribution in [3.8, 4) is 0 Å². The predicted molar refractivity (Wildman–Crippen MR) is 143 cm³/mol. The highest BCUT2D eigenvalue weighted by Gasteiger charge is 2.22. The number of piperazine rings is 1. The second-order valence-corrected chi connectivity index (χ2v) is 8.82. The number of anilines is 2. The van der Waals surface area contributed by atoms with Crippen molar-refractivity contribution in [1.29, 1.82) is 0 Å². The monoisotopic (exact) mass is 503 g/mol. The van der Waals surface area contributed by atoms with Crippen LogP contribution in [0.5, 0.6) is 0 Å². The van der Waals surface area contributed by atoms with E-state index in [4.69, 9.17) is 12.2 Å². The Hall–Kier alpha value is -4.31. The van der Waals surface area contributed by atoms with Crippen LogP contribution in [0.2, 0.25) is 0 Å². The fraction of sp³-hybridized carbons (Fsp3) is 0.192. The van der Waals surface area contributed by atoms with Gasteiger partial charge in [0.1, 0.15) is 0 Å². The highest BCUT2D eigenvalue weighted by molar-refractivity contribution is 7.80. The van der Waals surface area contributed by atoms with Gasteiger partial charge in [-0.05, 0) is 61.6 Å². The molecule has 1 fully saturated rings. The molecule has 0 bridgehead atoms. The van der Waals surface area contributed by atoms with Crippen molar-refractivity contribution in [1.82, 2.24) is 10.2 Å². The Balaban J connectivity index is 1.28. The van der Waals surface area contributed by atoms with E-state index in [2.05, 4.69) is 15.5 Å². The van der Waals surface area contributed by atoms with Gasteiger partial charge in [-0.1, -0.05) is 23.8 Å². The van der Waals surface area contributed by atoms with Gasteiger partial charge in [0, 0.05) is 60.8 Å². The van der Waals surface area contributed by atoms with Crippen LogP contribution in [0.3, 0.4) is 0 Å². The van der Waals surface area contributed by atoms with Crippen LogP contribution < -0.4 is 15.5 Å². The number of benzene rings is 3. The number of nitro groups is 1. The van der Waals surface area contributed by atoms with Crippen LogP contribution in [-0.4, -0.2) is 52.9 Å². The number of nitro benzene ring substituents is 1. The number of nitrogens with zero attached hydrogens (tertiary/aromatic N) is 3. The molecule has 2 N–H and O–H groups in total. The zero-order valence-corrected chi connectivity index (χ0v) is 20.5. The van der Waals surface area contributed by atoms with E-state index in [1.807, 2.05) is 60.4 Å². The van der Waals surface area contributed by atoms with Crippen molar-refractivity contribution in [3.63, 3.8) is 0 Å². The molecule has 1 aliphatic heterocycles. The van der Waals surface area contributed by atoms with Crippen LogP contribution in [0.15, 0.2) is 72.8 Å². The summed E-state index contributed by atoms with van der Waals surface area (Å²) in [6.07, 6.45) is 0. The van der Waals surface area contributed by atoms with Gasteiger partial charge in [0.2, 0.25) is 0 Å². The molecule has 184 valence electrons. The summed E-state index contributed by atoms with van der Waals surface area (Å²) in [6, 6.07) is 20.7. The maximum Gasteiger partial charge on any atom is 0.270 e. The van der Waals surface area contributed by atoms with Crippen molar-refractivity contribution in [2.75, 3.05) is 36.4 Å². The van der Waals surface area contributed by atoms with E-state index in [1.165, 1.54) is 24.3 Å². The molecule has 3 aromatic carbocycles. The Morgan fingerprint density at radius 3 is 2.22 bits per heavy atom. The number of thiocarbonyl (C=S) groups is 1. The predicted octanol–water partition coefficient (Wildman–Crippen LogP) is 3.99. The molecule has 0 spiro atoms. The van der Waals surface area contributed by atoms with Crippen molar-refractivity contribution >= 4 is 46.2 Å². The van der Waals surface area contributed by atoms with Crippen molar-refractivity contribution in [3.05, 3.63) is 99.6 Å². The first kappa shape index (κ1) is 24.8. The van der Waals surface area contributed by atoms with E-state index in [0.29, 0.717) is 24.3 Å². The minimum Gasteiger partial charge on any atom is -0.368 e. The molecule has 1 saturated heterocycles. The summed E-state index contributed by atoms with van der Waals surface area (Å²) in [6.45, 7) is 4.73. The SMILES string of the molecule is Cc1ccc(C(=O)N2CCN(c3ccc(NC(=S)NC(=O)c4cccc([N+](=O)[O-])c4)cc3)CC2)cc1. The third kappa shape index (κ3) is 6.02. The van der Waals surface area contributed by atoms with Gasteiger partial charge >= 0.3 is 0 Å². The lowest BCUT2D eigenvalue weighted by Gasteiger charge is -2.36. The summed E-state index contributed by atoms with van der Waals surface area (Å²) in [5.41, 5.74) is 3.52. The molecule has 0 radical (unpaired) electrons. The minimum absolute atomic E-state index is 0.0508. The maximum absolute atomic E-state index is 12.7. The van der Waals surface area contributed by atoms with Crippen LogP contribution >= 0.6 is 12.2 Å².